The van der Waals surface area contributed by atoms with Crippen LogP contribution in [0.1, 0.15) is 96.4 Å². The van der Waals surface area contributed by atoms with E-state index in [1.165, 1.54) is 41.7 Å². The predicted octanol–water partition coefficient (Wildman–Crippen LogP) is -3.11. The molecule has 0 spiro atoms. The van der Waals surface area contributed by atoms with Gasteiger partial charge in [0.1, 0.15) is 60.1 Å². The number of hydrogen-bond donors (Lipinski definition) is 17. The highest BCUT2D eigenvalue weighted by Gasteiger charge is 2.40. The molecule has 6 rings (SSSR count). The molecule has 0 saturated carbocycles. The van der Waals surface area contributed by atoms with Crippen LogP contribution >= 0.6 is 0 Å². The number of para-hydroxylation sites is 1. The molecule has 0 aliphatic carbocycles. The van der Waals surface area contributed by atoms with Crippen LogP contribution in [0.15, 0.2) is 72.2 Å². The second-order valence-corrected chi connectivity index (χ2v) is 23.7. The minimum Gasteiger partial charge on any atom is -0.508 e. The number of phenolic OH excluding ortho intramolecular Hbond substituents is 1. The number of hydrazine groups is 1. The molecule has 12 amide bonds. The van der Waals surface area contributed by atoms with Gasteiger partial charge in [-0.1, -0.05) is 44.2 Å². The Labute approximate surface area is 524 Å². The molecular weight excluding hydrogens is 1180 g/mol. The van der Waals surface area contributed by atoms with Gasteiger partial charge in [-0.2, -0.15) is 0 Å². The zero-order valence-corrected chi connectivity index (χ0v) is 51.4. The Kier molecular flexibility index (Phi) is 25.6. The number of primary amides is 1. The fraction of sp³-hybridized carbons (Fsp3) is 0.508. The first-order valence-electron chi connectivity index (χ1n) is 29.9. The van der Waals surface area contributed by atoms with Crippen molar-refractivity contribution in [2.45, 2.75) is 159 Å². The molecule has 9 atom stereocenters. The Balaban J connectivity index is 1.24. The fourth-order valence-electron chi connectivity index (χ4n) is 10.2. The van der Waals surface area contributed by atoms with Gasteiger partial charge in [-0.3, -0.25) is 58.4 Å². The average Bonchev–Trinajstić information content (AvgIpc) is 1.85. The summed E-state index contributed by atoms with van der Waals surface area (Å²) in [5.41, 5.74) is 21.6. The van der Waals surface area contributed by atoms with E-state index >= 15 is 0 Å². The van der Waals surface area contributed by atoms with Crippen molar-refractivity contribution < 1.29 is 67.7 Å². The molecule has 32 heteroatoms. The lowest BCUT2D eigenvalue weighted by Crippen LogP contribution is -2.62. The van der Waals surface area contributed by atoms with Crippen LogP contribution in [0.2, 0.25) is 0 Å². The van der Waals surface area contributed by atoms with Gasteiger partial charge in [-0.05, 0) is 94.5 Å². The van der Waals surface area contributed by atoms with Gasteiger partial charge in [0.2, 0.25) is 53.2 Å². The van der Waals surface area contributed by atoms with Crippen molar-refractivity contribution in [3.63, 3.8) is 0 Å². The minimum absolute atomic E-state index is 0.00453. The van der Waals surface area contributed by atoms with Gasteiger partial charge in [0.15, 0.2) is 5.96 Å². The molecule has 20 N–H and O–H groups in total. The van der Waals surface area contributed by atoms with Crippen LogP contribution in [0, 0.1) is 5.92 Å². The molecule has 91 heavy (non-hydrogen) atoms. The van der Waals surface area contributed by atoms with Gasteiger partial charge < -0.3 is 89.6 Å². The lowest BCUT2D eigenvalue weighted by molar-refractivity contribution is -0.142. The summed E-state index contributed by atoms with van der Waals surface area (Å²) < 4.78 is 6.03. The Morgan fingerprint density at radius 3 is 1.95 bits per heavy atom. The summed E-state index contributed by atoms with van der Waals surface area (Å²) in [7, 11) is 0. The van der Waals surface area contributed by atoms with Gasteiger partial charge in [0.05, 0.1) is 25.1 Å². The number of urea groups is 1. The number of carbonyl (C=O) groups excluding carboxylic acids is 11. The number of aliphatic hydroxyl groups is 1. The number of aromatic amines is 2. The Morgan fingerprint density at radius 2 is 1.33 bits per heavy atom. The van der Waals surface area contributed by atoms with Crippen LogP contribution in [0.25, 0.3) is 10.9 Å². The largest absolute Gasteiger partial charge is 0.508 e. The summed E-state index contributed by atoms with van der Waals surface area (Å²) in [6, 6.07) is -0.716. The van der Waals surface area contributed by atoms with E-state index in [1.807, 2.05) is 5.43 Å². The van der Waals surface area contributed by atoms with Crippen LogP contribution < -0.4 is 70.6 Å². The van der Waals surface area contributed by atoms with Crippen molar-refractivity contribution in [3.05, 3.63) is 84.1 Å². The van der Waals surface area contributed by atoms with Gasteiger partial charge in [-0.15, -0.1) is 0 Å². The zero-order valence-electron chi connectivity index (χ0n) is 51.4. The number of guanidine groups is 1. The molecule has 2 aromatic heterocycles. The van der Waals surface area contributed by atoms with Crippen molar-refractivity contribution in [1.82, 2.24) is 73.2 Å². The standard InChI is InChI=1S/C59H84N18O14/c1-31(2)22-40(49(82)68-39(12-8-20-64-57(60)61)56(89)77-21-9-13-46(77)55(88)75-76-58(62)90)69-54(87)45(29-91-59(3,4)5)74-50(83)41(23-32-14-16-35(79)17-15-32)70-53(86)44(28-78)73-51(84)42(24-33-26-65-37-11-7-6-10-36(33)37)71-52(85)43(25-34-27-63-30-66-34)72-48(81)38-18-19-47(80)67-38/h6-7,10-11,14-17,26-27,30-31,38-46,65,78-79H,8-9,12-13,18-25,28-29H2,1-5H3,(H,63,66)(H,67,80)(H,68,82)(H,69,87)(H,70,86)(H,71,85)(H,72,81)(H,73,84)(H,74,83)(H,75,88)(H4,60,61,64)(H3,62,76,90)/t38-,39-,40-,41+,42-,43-,44-,45+,46-/m0/s1. The minimum atomic E-state index is -1.80. The molecule has 2 aliphatic rings. The maximum Gasteiger partial charge on any atom is 0.330 e. The first-order valence-corrected chi connectivity index (χ1v) is 29.9. The monoisotopic (exact) mass is 1270 g/mol. The molecule has 4 aromatic rings. The summed E-state index contributed by atoms with van der Waals surface area (Å²) in [4.78, 5) is 167. The molecule has 2 fully saturated rings. The number of aromatic nitrogens is 3. The van der Waals surface area contributed by atoms with Crippen LogP contribution in [0.5, 0.6) is 5.75 Å². The van der Waals surface area contributed by atoms with E-state index in [0.29, 0.717) is 34.1 Å². The van der Waals surface area contributed by atoms with Gasteiger partial charge >= 0.3 is 6.03 Å². The van der Waals surface area contributed by atoms with Crippen LogP contribution in [-0.4, -0.2) is 187 Å². The number of hydrogen-bond acceptors (Lipinski definition) is 16. The smallest absolute Gasteiger partial charge is 0.330 e. The quantitative estimate of drug-likeness (QED) is 0.0103. The lowest BCUT2D eigenvalue weighted by Gasteiger charge is -2.31. The second-order valence-electron chi connectivity index (χ2n) is 23.7. The Morgan fingerprint density at radius 1 is 0.725 bits per heavy atom. The van der Waals surface area contributed by atoms with E-state index < -0.39 is 132 Å². The molecule has 494 valence electrons. The van der Waals surface area contributed by atoms with Crippen molar-refractivity contribution in [2.75, 3.05) is 26.3 Å². The third kappa shape index (κ3) is 21.7. The van der Waals surface area contributed by atoms with E-state index in [2.05, 4.69) is 67.9 Å². The number of ether oxygens (including phenoxy) is 1. The highest BCUT2D eigenvalue weighted by Crippen LogP contribution is 2.22. The molecular formula is C59H84N18O14. The SMILES string of the molecule is CC(C)C[C@H](NC(=O)[C@@H](COC(C)(C)C)NC(=O)[C@@H](Cc1ccc(O)cc1)NC(=O)[C@H](CO)NC(=O)[C@H](Cc1c[nH]c2ccccc12)NC(=O)[C@H](Cc1cnc[nH]1)NC(=O)[C@@H]1CCC(=O)N1)C(=O)N[C@@H](CCCN=C(N)N)C(=O)N1CCC[C@H]1C(=O)NNC(N)=O. The van der Waals surface area contributed by atoms with E-state index in [0.717, 1.165) is 0 Å². The lowest BCUT2D eigenvalue weighted by atomic mass is 10.0. The van der Waals surface area contributed by atoms with Gasteiger partial charge in [-0.25, -0.2) is 15.2 Å². The maximum atomic E-state index is 14.8. The van der Waals surface area contributed by atoms with E-state index in [-0.39, 0.29) is 94.4 Å². The normalized spacial score (nSPS) is 17.0. The molecule has 0 bridgehead atoms. The number of nitrogens with two attached hydrogens (primary N) is 3. The topological polar surface area (TPSA) is 496 Å². The summed E-state index contributed by atoms with van der Waals surface area (Å²) in [5, 5.41) is 42.8. The number of H-pyrrole nitrogens is 2. The zero-order chi connectivity index (χ0) is 66.5. The summed E-state index contributed by atoms with van der Waals surface area (Å²) in [6.07, 6.45) is 4.91. The third-order valence-corrected chi connectivity index (χ3v) is 14.8. The highest BCUT2D eigenvalue weighted by atomic mass is 16.5. The van der Waals surface area contributed by atoms with E-state index in [4.69, 9.17) is 21.9 Å². The molecule has 2 aliphatic heterocycles. The number of aliphatic imine (C=N–C) groups is 1. The number of amides is 12. The summed E-state index contributed by atoms with van der Waals surface area (Å²) in [6.45, 7) is 7.28. The summed E-state index contributed by atoms with van der Waals surface area (Å²) >= 11 is 0. The first-order chi connectivity index (χ1) is 43.2. The van der Waals surface area contributed by atoms with E-state index in [9.17, 15) is 63.0 Å². The number of aromatic hydroxyl groups is 1. The number of benzene rings is 2. The number of phenols is 1. The number of imidazole rings is 1. The van der Waals surface area contributed by atoms with Crippen LogP contribution in [0.3, 0.4) is 0 Å². The Bertz CT molecular complexity index is 3240. The number of nitrogens with zero attached hydrogens (tertiary/aromatic N) is 3. The number of fused-ring (bicyclic) bond motifs is 1. The average molecular weight is 1270 g/mol. The molecule has 2 aromatic carbocycles. The number of rotatable bonds is 31. The number of aliphatic hydroxyl groups excluding tert-OH is 1. The van der Waals surface area contributed by atoms with Crippen molar-refractivity contribution in [3.8, 4) is 5.75 Å². The fourth-order valence-corrected chi connectivity index (χ4v) is 10.2. The van der Waals surface area contributed by atoms with Gasteiger partial charge in [0.25, 0.3) is 5.91 Å². The summed E-state index contributed by atoms with van der Waals surface area (Å²) in [5.74, 6) is -8.58. The molecule has 0 unspecified atom stereocenters. The van der Waals surface area contributed by atoms with Gasteiger partial charge in [0, 0.05) is 67.8 Å². The predicted molar refractivity (Wildman–Crippen MR) is 329 cm³/mol. The van der Waals surface area contributed by atoms with Crippen LogP contribution in [0.4, 0.5) is 4.79 Å². The van der Waals surface area contributed by atoms with Crippen molar-refractivity contribution >= 4 is 82.0 Å². The molecule has 2 saturated heterocycles. The molecule has 4 heterocycles. The first kappa shape index (κ1) is 70.2. The number of likely N-dealkylation sites (tertiary alicyclic amines) is 1. The molecule has 32 nitrogen and oxygen atoms in total. The van der Waals surface area contributed by atoms with E-state index in [1.54, 1.807) is 65.1 Å². The Hall–Kier alpha value is -9.85. The molecule has 0 radical (unpaired) electrons. The van der Waals surface area contributed by atoms with Crippen molar-refractivity contribution in [1.29, 1.82) is 0 Å². The second kappa shape index (κ2) is 33.1. The highest BCUT2D eigenvalue weighted by molar-refractivity contribution is 5.99. The number of carbonyl (C=O) groups is 11. The third-order valence-electron chi connectivity index (χ3n) is 14.8. The van der Waals surface area contributed by atoms with Crippen LogP contribution in [-0.2, 0) is 71.9 Å². The van der Waals surface area contributed by atoms with Crippen molar-refractivity contribution in [2.24, 2.45) is 28.1 Å². The maximum absolute atomic E-state index is 14.8. The number of nitrogens with one attached hydrogen (secondary N) is 12.